The van der Waals surface area contributed by atoms with Crippen LogP contribution in [0.5, 0.6) is 0 Å². The molecule has 2 N–H and O–H groups in total. The van der Waals surface area contributed by atoms with Crippen molar-refractivity contribution in [3.05, 3.63) is 16.1 Å². The van der Waals surface area contributed by atoms with Gasteiger partial charge in [0.25, 0.3) is 0 Å². The zero-order chi connectivity index (χ0) is 14.4. The lowest BCUT2D eigenvalue weighted by molar-refractivity contribution is -0.119. The molecule has 1 aromatic heterocycles. The highest BCUT2D eigenvalue weighted by Gasteiger charge is 2.17. The summed E-state index contributed by atoms with van der Waals surface area (Å²) in [6.07, 6.45) is 0.881. The number of nitrogens with zero attached hydrogens (tertiary/aromatic N) is 2. The van der Waals surface area contributed by atoms with Crippen molar-refractivity contribution in [1.82, 2.24) is 10.3 Å². The van der Waals surface area contributed by atoms with Crippen molar-refractivity contribution in [2.75, 3.05) is 37.4 Å². The zero-order valence-corrected chi connectivity index (χ0v) is 12.8. The summed E-state index contributed by atoms with van der Waals surface area (Å²) in [5.41, 5.74) is 0. The Morgan fingerprint density at radius 2 is 2.05 bits per heavy atom. The Morgan fingerprint density at radius 3 is 2.58 bits per heavy atom. The number of rotatable bonds is 6. The van der Waals surface area contributed by atoms with Crippen LogP contribution < -0.4 is 15.5 Å². The van der Waals surface area contributed by atoms with E-state index in [1.807, 2.05) is 11.8 Å². The van der Waals surface area contributed by atoms with Crippen LogP contribution >= 0.6 is 23.2 Å². The molecule has 0 atom stereocenters. The minimum atomic E-state index is -0.0905. The maximum atomic E-state index is 11.5. The zero-order valence-electron chi connectivity index (χ0n) is 11.3. The molecule has 1 heterocycles. The molecule has 7 heteroatoms. The molecule has 106 valence electrons. The molecule has 0 saturated carbocycles. The highest BCUT2D eigenvalue weighted by atomic mass is 35.5. The Kier molecular flexibility index (Phi) is 6.18. The van der Waals surface area contributed by atoms with Crippen molar-refractivity contribution in [1.29, 1.82) is 0 Å². The Bertz CT molecular complexity index is 454. The summed E-state index contributed by atoms with van der Waals surface area (Å²) in [6, 6.07) is 1.63. The van der Waals surface area contributed by atoms with Crippen molar-refractivity contribution >= 4 is 40.7 Å². The molecule has 0 saturated heterocycles. The Labute approximate surface area is 123 Å². The van der Waals surface area contributed by atoms with Crippen LogP contribution in [0.15, 0.2) is 6.07 Å². The van der Waals surface area contributed by atoms with Gasteiger partial charge in [0.15, 0.2) is 0 Å². The fourth-order valence-corrected chi connectivity index (χ4v) is 2.21. The standard InChI is InChI=1S/C12H18Cl2N4O/c1-4-5-18(7-10(19)15-2)12-9(14)6-8(13)11(16-3)17-12/h6H,4-5,7H2,1-3H3,(H,15,19)(H,16,17). The molecule has 0 fully saturated rings. The number of hydrogen-bond acceptors (Lipinski definition) is 4. The van der Waals surface area contributed by atoms with Gasteiger partial charge < -0.3 is 15.5 Å². The summed E-state index contributed by atoms with van der Waals surface area (Å²) in [6.45, 7) is 2.92. The number of nitrogens with one attached hydrogen (secondary N) is 2. The quantitative estimate of drug-likeness (QED) is 0.847. The lowest BCUT2D eigenvalue weighted by Crippen LogP contribution is -2.36. The lowest BCUT2D eigenvalue weighted by atomic mass is 10.3. The molecule has 0 aliphatic carbocycles. The predicted molar refractivity (Wildman–Crippen MR) is 80.4 cm³/mol. The molecule has 1 amide bonds. The van der Waals surface area contributed by atoms with Crippen molar-refractivity contribution in [3.8, 4) is 0 Å². The number of anilines is 2. The van der Waals surface area contributed by atoms with Gasteiger partial charge in [0.2, 0.25) is 5.91 Å². The topological polar surface area (TPSA) is 57.3 Å². The SMILES string of the molecule is CCCN(CC(=O)NC)c1nc(NC)c(Cl)cc1Cl. The van der Waals surface area contributed by atoms with E-state index >= 15 is 0 Å². The number of hydrogen-bond donors (Lipinski definition) is 2. The number of carbonyl (C=O) groups is 1. The van der Waals surface area contributed by atoms with Gasteiger partial charge in [0.05, 0.1) is 16.6 Å². The molecule has 1 aromatic rings. The molecule has 0 aromatic carbocycles. The van der Waals surface area contributed by atoms with Crippen LogP contribution in [0.2, 0.25) is 10.0 Å². The summed E-state index contributed by atoms with van der Waals surface area (Å²) in [5, 5.41) is 6.37. The smallest absolute Gasteiger partial charge is 0.239 e. The van der Waals surface area contributed by atoms with E-state index in [0.29, 0.717) is 28.2 Å². The third-order valence-electron chi connectivity index (χ3n) is 2.55. The second-order valence-electron chi connectivity index (χ2n) is 3.97. The van der Waals surface area contributed by atoms with Gasteiger partial charge in [-0.2, -0.15) is 0 Å². The normalized spacial score (nSPS) is 10.2. The fraction of sp³-hybridized carbons (Fsp3) is 0.500. The maximum Gasteiger partial charge on any atom is 0.239 e. The Balaban J connectivity index is 3.10. The van der Waals surface area contributed by atoms with E-state index in [-0.39, 0.29) is 12.5 Å². The van der Waals surface area contributed by atoms with Crippen LogP contribution in [0.1, 0.15) is 13.3 Å². The number of amides is 1. The molecule has 0 radical (unpaired) electrons. The highest BCUT2D eigenvalue weighted by Crippen LogP contribution is 2.31. The van der Waals surface area contributed by atoms with E-state index < -0.39 is 0 Å². The van der Waals surface area contributed by atoms with Gasteiger partial charge >= 0.3 is 0 Å². The van der Waals surface area contributed by atoms with E-state index in [1.165, 1.54) is 0 Å². The third-order valence-corrected chi connectivity index (χ3v) is 3.12. The lowest BCUT2D eigenvalue weighted by Gasteiger charge is -2.24. The number of aromatic nitrogens is 1. The van der Waals surface area contributed by atoms with E-state index in [4.69, 9.17) is 23.2 Å². The molecule has 5 nitrogen and oxygen atoms in total. The number of carbonyl (C=O) groups excluding carboxylic acids is 1. The van der Waals surface area contributed by atoms with Crippen molar-refractivity contribution in [2.45, 2.75) is 13.3 Å². The average molecular weight is 305 g/mol. The molecule has 0 aliphatic rings. The summed E-state index contributed by atoms with van der Waals surface area (Å²) in [5.74, 6) is 1.01. The first kappa shape index (κ1) is 15.9. The van der Waals surface area contributed by atoms with E-state index in [0.717, 1.165) is 6.42 Å². The summed E-state index contributed by atoms with van der Waals surface area (Å²) >= 11 is 12.2. The maximum absolute atomic E-state index is 11.5. The summed E-state index contributed by atoms with van der Waals surface area (Å²) < 4.78 is 0. The van der Waals surface area contributed by atoms with Gasteiger partial charge in [-0.05, 0) is 12.5 Å². The van der Waals surface area contributed by atoms with Gasteiger partial charge in [0, 0.05) is 20.6 Å². The van der Waals surface area contributed by atoms with Gasteiger partial charge in [0.1, 0.15) is 11.6 Å². The van der Waals surface area contributed by atoms with Crippen LogP contribution in [-0.2, 0) is 4.79 Å². The van der Waals surface area contributed by atoms with Crippen molar-refractivity contribution in [2.24, 2.45) is 0 Å². The molecule has 19 heavy (non-hydrogen) atoms. The molecular weight excluding hydrogens is 287 g/mol. The number of halogens is 2. The Morgan fingerprint density at radius 1 is 1.37 bits per heavy atom. The number of likely N-dealkylation sites (N-methyl/N-ethyl adjacent to an activating group) is 1. The average Bonchev–Trinajstić information content (AvgIpc) is 2.38. The monoisotopic (exact) mass is 304 g/mol. The van der Waals surface area contributed by atoms with Crippen LogP contribution in [0.4, 0.5) is 11.6 Å². The molecule has 0 aliphatic heterocycles. The predicted octanol–water partition coefficient (Wildman–Crippen LogP) is 2.39. The minimum absolute atomic E-state index is 0.0905. The van der Waals surface area contributed by atoms with Gasteiger partial charge in [-0.1, -0.05) is 30.1 Å². The Hall–Kier alpha value is -1.20. The second-order valence-corrected chi connectivity index (χ2v) is 4.78. The first-order valence-electron chi connectivity index (χ1n) is 6.02. The first-order chi connectivity index (χ1) is 9.03. The molecule has 0 spiro atoms. The van der Waals surface area contributed by atoms with E-state index in [1.54, 1.807) is 20.2 Å². The number of pyridine rings is 1. The largest absolute Gasteiger partial charge is 0.372 e. The molecule has 0 bridgehead atoms. The second kappa shape index (κ2) is 7.40. The highest BCUT2D eigenvalue weighted by molar-refractivity contribution is 6.37. The third kappa shape index (κ3) is 4.14. The summed E-state index contributed by atoms with van der Waals surface area (Å²) in [4.78, 5) is 17.7. The van der Waals surface area contributed by atoms with E-state index in [9.17, 15) is 4.79 Å². The van der Waals surface area contributed by atoms with Crippen LogP contribution in [0.3, 0.4) is 0 Å². The van der Waals surface area contributed by atoms with Crippen molar-refractivity contribution in [3.63, 3.8) is 0 Å². The van der Waals surface area contributed by atoms with Gasteiger partial charge in [-0.3, -0.25) is 4.79 Å². The minimum Gasteiger partial charge on any atom is -0.372 e. The van der Waals surface area contributed by atoms with Crippen LogP contribution in [0.25, 0.3) is 0 Å². The van der Waals surface area contributed by atoms with Gasteiger partial charge in [-0.25, -0.2) is 4.98 Å². The molecule has 0 unspecified atom stereocenters. The summed E-state index contributed by atoms with van der Waals surface area (Å²) in [7, 11) is 3.33. The van der Waals surface area contributed by atoms with Gasteiger partial charge in [-0.15, -0.1) is 0 Å². The van der Waals surface area contributed by atoms with Crippen molar-refractivity contribution < 1.29 is 4.79 Å². The van der Waals surface area contributed by atoms with Crippen LogP contribution in [-0.4, -0.2) is 38.1 Å². The van der Waals surface area contributed by atoms with Crippen LogP contribution in [0, 0.1) is 0 Å². The first-order valence-corrected chi connectivity index (χ1v) is 6.78. The molecule has 1 rings (SSSR count). The fourth-order valence-electron chi connectivity index (χ4n) is 1.64. The molecular formula is C12H18Cl2N4O. The van der Waals surface area contributed by atoms with E-state index in [2.05, 4.69) is 15.6 Å².